The summed E-state index contributed by atoms with van der Waals surface area (Å²) in [4.78, 5) is 25.2. The Morgan fingerprint density at radius 2 is 1.89 bits per heavy atom. The van der Waals surface area contributed by atoms with Crippen LogP contribution in [0.25, 0.3) is 22.2 Å². The molecule has 0 fully saturated rings. The van der Waals surface area contributed by atoms with Crippen molar-refractivity contribution in [1.82, 2.24) is 19.4 Å². The van der Waals surface area contributed by atoms with Crippen LogP contribution in [0.2, 0.25) is 5.02 Å². The maximum absolute atomic E-state index is 11.9. The highest BCUT2D eigenvalue weighted by molar-refractivity contribution is 6.33. The van der Waals surface area contributed by atoms with E-state index in [1.54, 1.807) is 6.20 Å². The Morgan fingerprint density at radius 3 is 2.63 bits per heavy atom. The third-order valence-electron chi connectivity index (χ3n) is 5.75. The standard InChI is InChI=1S/C26H30ClN7O/c1-17(35)29-22-14-18(10-11-24(22)33(4)13-12-32(2)3)30-26-28-15-21(27)25(31-26)20-16-34(5)23-9-7-6-8-19(20)23/h6-11,14-16H,12-13H2,1-5H3,(H,29,35)(H,28,30,31). The van der Waals surface area contributed by atoms with Crippen molar-refractivity contribution in [3.05, 3.63) is 59.9 Å². The number of hydrogen-bond acceptors (Lipinski definition) is 6. The van der Waals surface area contributed by atoms with Crippen LogP contribution in [-0.2, 0) is 11.8 Å². The maximum atomic E-state index is 11.9. The van der Waals surface area contributed by atoms with Crippen molar-refractivity contribution in [2.24, 2.45) is 7.05 Å². The summed E-state index contributed by atoms with van der Waals surface area (Å²) >= 11 is 6.51. The highest BCUT2D eigenvalue weighted by Crippen LogP contribution is 2.34. The van der Waals surface area contributed by atoms with E-state index in [4.69, 9.17) is 16.6 Å². The van der Waals surface area contributed by atoms with E-state index in [1.165, 1.54) is 6.92 Å². The zero-order valence-corrected chi connectivity index (χ0v) is 21.4. The van der Waals surface area contributed by atoms with E-state index in [9.17, 15) is 4.79 Å². The Hall–Kier alpha value is -3.62. The molecule has 0 aliphatic rings. The van der Waals surface area contributed by atoms with Gasteiger partial charge in [0, 0.05) is 62.5 Å². The van der Waals surface area contributed by atoms with Crippen LogP contribution in [0.3, 0.4) is 0 Å². The van der Waals surface area contributed by atoms with Crippen molar-refractivity contribution >= 4 is 51.4 Å². The molecule has 0 atom stereocenters. The molecular formula is C26H30ClN7O. The van der Waals surface area contributed by atoms with Gasteiger partial charge in [-0.15, -0.1) is 0 Å². The molecule has 2 heterocycles. The molecule has 182 valence electrons. The maximum Gasteiger partial charge on any atom is 0.227 e. The molecule has 1 amide bonds. The molecule has 0 bridgehead atoms. The molecule has 2 N–H and O–H groups in total. The topological polar surface area (TPSA) is 78.3 Å². The first-order valence-corrected chi connectivity index (χ1v) is 11.7. The molecule has 0 saturated carbocycles. The number of aryl methyl sites for hydroxylation is 1. The summed E-state index contributed by atoms with van der Waals surface area (Å²) in [5.41, 5.74) is 5.09. The summed E-state index contributed by atoms with van der Waals surface area (Å²) < 4.78 is 2.06. The number of nitrogens with one attached hydrogen (secondary N) is 2. The molecule has 35 heavy (non-hydrogen) atoms. The lowest BCUT2D eigenvalue weighted by Gasteiger charge is -2.24. The van der Waals surface area contributed by atoms with E-state index < -0.39 is 0 Å². The van der Waals surface area contributed by atoms with Gasteiger partial charge in [0.15, 0.2) is 0 Å². The second-order valence-corrected chi connectivity index (χ2v) is 9.23. The number of fused-ring (bicyclic) bond motifs is 1. The first-order valence-electron chi connectivity index (χ1n) is 11.3. The Bertz CT molecular complexity index is 1370. The van der Waals surface area contributed by atoms with E-state index in [0.29, 0.717) is 22.4 Å². The average molecular weight is 492 g/mol. The number of likely N-dealkylation sites (N-methyl/N-ethyl adjacent to an activating group) is 2. The highest BCUT2D eigenvalue weighted by atomic mass is 35.5. The molecule has 4 rings (SSSR count). The number of benzene rings is 2. The average Bonchev–Trinajstić information content (AvgIpc) is 3.15. The van der Waals surface area contributed by atoms with Gasteiger partial charge in [-0.05, 0) is 38.4 Å². The molecule has 8 nitrogen and oxygen atoms in total. The molecule has 0 radical (unpaired) electrons. The number of carbonyl (C=O) groups excluding carboxylic acids is 1. The van der Waals surface area contributed by atoms with Crippen molar-refractivity contribution in [2.75, 3.05) is 49.8 Å². The molecule has 0 unspecified atom stereocenters. The van der Waals surface area contributed by atoms with Crippen LogP contribution in [0, 0.1) is 0 Å². The molecule has 2 aromatic carbocycles. The molecule has 0 spiro atoms. The smallest absolute Gasteiger partial charge is 0.227 e. The quantitative estimate of drug-likeness (QED) is 0.361. The van der Waals surface area contributed by atoms with E-state index in [0.717, 1.165) is 40.9 Å². The van der Waals surface area contributed by atoms with E-state index in [2.05, 4.69) is 42.1 Å². The first kappa shape index (κ1) is 24.5. The van der Waals surface area contributed by atoms with Crippen molar-refractivity contribution in [3.63, 3.8) is 0 Å². The number of carbonyl (C=O) groups is 1. The second-order valence-electron chi connectivity index (χ2n) is 8.82. The van der Waals surface area contributed by atoms with Gasteiger partial charge in [0.05, 0.1) is 28.3 Å². The fourth-order valence-corrected chi connectivity index (χ4v) is 4.18. The van der Waals surface area contributed by atoms with Gasteiger partial charge in [0.2, 0.25) is 11.9 Å². The summed E-state index contributed by atoms with van der Waals surface area (Å²) in [7, 11) is 8.08. The van der Waals surface area contributed by atoms with Gasteiger partial charge in [0.25, 0.3) is 0 Å². The number of nitrogens with zero attached hydrogens (tertiary/aromatic N) is 5. The minimum atomic E-state index is -0.134. The molecule has 2 aromatic heterocycles. The predicted molar refractivity (Wildman–Crippen MR) is 145 cm³/mol. The SMILES string of the molecule is CC(=O)Nc1cc(Nc2ncc(Cl)c(-c3cn(C)c4ccccc34)n2)ccc1N(C)CCN(C)C. The van der Waals surface area contributed by atoms with Crippen LogP contribution in [0.4, 0.5) is 23.0 Å². The first-order chi connectivity index (χ1) is 16.7. The van der Waals surface area contributed by atoms with Crippen molar-refractivity contribution in [3.8, 4) is 11.3 Å². The number of anilines is 4. The Labute approximate surface area is 210 Å². The van der Waals surface area contributed by atoms with Crippen molar-refractivity contribution < 1.29 is 4.79 Å². The molecule has 0 aliphatic carbocycles. The predicted octanol–water partition coefficient (Wildman–Crippen LogP) is 4.99. The molecule has 0 aliphatic heterocycles. The van der Waals surface area contributed by atoms with Crippen LogP contribution < -0.4 is 15.5 Å². The molecule has 9 heteroatoms. The fourth-order valence-electron chi connectivity index (χ4n) is 3.98. The molecular weight excluding hydrogens is 462 g/mol. The van der Waals surface area contributed by atoms with Crippen LogP contribution >= 0.6 is 11.6 Å². The third kappa shape index (κ3) is 5.55. The van der Waals surface area contributed by atoms with Gasteiger partial charge < -0.3 is 25.0 Å². The van der Waals surface area contributed by atoms with Gasteiger partial charge >= 0.3 is 0 Å². The van der Waals surface area contributed by atoms with Gasteiger partial charge in [-0.25, -0.2) is 9.97 Å². The lowest BCUT2D eigenvalue weighted by atomic mass is 10.1. The summed E-state index contributed by atoms with van der Waals surface area (Å²) in [6.45, 7) is 3.22. The number of halogens is 1. The summed E-state index contributed by atoms with van der Waals surface area (Å²) in [6.07, 6.45) is 3.63. The Morgan fingerprint density at radius 1 is 1.11 bits per heavy atom. The van der Waals surface area contributed by atoms with Gasteiger partial charge in [-0.1, -0.05) is 29.8 Å². The third-order valence-corrected chi connectivity index (χ3v) is 6.03. The fraction of sp³-hybridized carbons (Fsp3) is 0.269. The van der Waals surface area contributed by atoms with Crippen LogP contribution in [-0.4, -0.2) is 59.6 Å². The van der Waals surface area contributed by atoms with E-state index in [1.807, 2.05) is 64.7 Å². The summed E-state index contributed by atoms with van der Waals surface area (Å²) in [6, 6.07) is 13.9. The lowest BCUT2D eigenvalue weighted by molar-refractivity contribution is -0.114. The minimum absolute atomic E-state index is 0.134. The number of rotatable bonds is 8. The summed E-state index contributed by atoms with van der Waals surface area (Å²) in [5.74, 6) is 0.283. The Balaban J connectivity index is 1.65. The van der Waals surface area contributed by atoms with E-state index in [-0.39, 0.29) is 5.91 Å². The highest BCUT2D eigenvalue weighted by Gasteiger charge is 2.15. The monoisotopic (exact) mass is 491 g/mol. The second kappa shape index (κ2) is 10.3. The largest absolute Gasteiger partial charge is 0.372 e. The van der Waals surface area contributed by atoms with Gasteiger partial charge in [0.1, 0.15) is 0 Å². The number of para-hydroxylation sites is 1. The molecule has 0 saturated heterocycles. The zero-order chi connectivity index (χ0) is 25.1. The van der Waals surface area contributed by atoms with Crippen LogP contribution in [0.5, 0.6) is 0 Å². The van der Waals surface area contributed by atoms with Gasteiger partial charge in [-0.2, -0.15) is 0 Å². The normalized spacial score (nSPS) is 11.2. The number of aromatic nitrogens is 3. The summed E-state index contributed by atoms with van der Waals surface area (Å²) in [5, 5.41) is 7.74. The zero-order valence-electron chi connectivity index (χ0n) is 20.6. The van der Waals surface area contributed by atoms with Crippen LogP contribution in [0.15, 0.2) is 54.9 Å². The van der Waals surface area contributed by atoms with Crippen molar-refractivity contribution in [1.29, 1.82) is 0 Å². The van der Waals surface area contributed by atoms with Crippen LogP contribution in [0.1, 0.15) is 6.92 Å². The Kier molecular flexibility index (Phi) is 7.23. The molecule has 4 aromatic rings. The van der Waals surface area contributed by atoms with Crippen molar-refractivity contribution in [2.45, 2.75) is 6.92 Å². The lowest BCUT2D eigenvalue weighted by Crippen LogP contribution is -2.29. The minimum Gasteiger partial charge on any atom is -0.372 e. The van der Waals surface area contributed by atoms with Gasteiger partial charge in [-0.3, -0.25) is 4.79 Å². The van der Waals surface area contributed by atoms with E-state index >= 15 is 0 Å². The number of hydrogen-bond donors (Lipinski definition) is 2. The number of amides is 1.